The molecule has 224 valence electrons. The molecule has 0 radical (unpaired) electrons. The Hall–Kier alpha value is -2.75. The number of halogens is 2. The summed E-state index contributed by atoms with van der Waals surface area (Å²) in [5, 5.41) is 0.466. The normalized spacial score (nSPS) is 27.9. The van der Waals surface area contributed by atoms with Crippen LogP contribution in [0.15, 0.2) is 10.5 Å². The second-order valence-corrected chi connectivity index (χ2v) is 14.4. The number of aromatic nitrogens is 2. The molecule has 5 heterocycles. The number of ether oxygens (including phenoxy) is 3. The second kappa shape index (κ2) is 10.2. The third-order valence-electron chi connectivity index (χ3n) is 9.33. The van der Waals surface area contributed by atoms with Gasteiger partial charge in [-0.25, -0.2) is 14.0 Å². The molecule has 2 unspecified atom stereocenters. The van der Waals surface area contributed by atoms with Crippen molar-refractivity contribution in [3.05, 3.63) is 27.8 Å². The van der Waals surface area contributed by atoms with E-state index < -0.39 is 11.4 Å². The Balaban J connectivity index is 1.16. The van der Waals surface area contributed by atoms with Crippen LogP contribution in [-0.2, 0) is 9.47 Å². The molecule has 12 heteroatoms. The second-order valence-electron chi connectivity index (χ2n) is 13.6. The summed E-state index contributed by atoms with van der Waals surface area (Å²) < 4.78 is 33.5. The summed E-state index contributed by atoms with van der Waals surface area (Å²) in [6.45, 7) is 17.4. The summed E-state index contributed by atoms with van der Waals surface area (Å²) in [6.07, 6.45) is 5.02. The molecule has 0 N–H and O–H groups in total. The zero-order valence-electron chi connectivity index (χ0n) is 24.2. The maximum atomic E-state index is 15.7. The van der Waals surface area contributed by atoms with Gasteiger partial charge < -0.3 is 19.1 Å². The fraction of sp³-hybridized carbons (Fsp3) is 0.667. The highest BCUT2D eigenvalue weighted by atomic mass is 79.9. The number of carbonyl (C=O) groups is 1. The van der Waals surface area contributed by atoms with E-state index in [1.165, 1.54) is 0 Å². The van der Waals surface area contributed by atoms with Crippen LogP contribution in [0.5, 0.6) is 6.01 Å². The van der Waals surface area contributed by atoms with Gasteiger partial charge in [-0.15, -0.1) is 0 Å². The smallest absolute Gasteiger partial charge is 0.410 e. The molecule has 1 aliphatic carbocycles. The average Bonchev–Trinajstić information content (AvgIpc) is 3.23. The zero-order chi connectivity index (χ0) is 29.4. The van der Waals surface area contributed by atoms with Gasteiger partial charge in [0, 0.05) is 43.0 Å². The summed E-state index contributed by atoms with van der Waals surface area (Å²) in [7, 11) is 0. The molecule has 5 fully saturated rings. The first kappa shape index (κ1) is 28.0. The number of hydrogen-bond acceptors (Lipinski definition) is 8. The minimum Gasteiger partial charge on any atom is -0.463 e. The van der Waals surface area contributed by atoms with Crippen LogP contribution in [0, 0.1) is 17.8 Å². The fourth-order valence-electron chi connectivity index (χ4n) is 7.08. The molecule has 4 bridgehead atoms. The standard InChI is InChI=1S/C30H36BrFN6O4/c1-29(2,3)42-28(39)38-17-5-6-18(38)12-36(11-17)26-21-10-22(33-4)23(31)24(32)25(21)34-27(35-26)41-16-30(7-8-30)15-37-13-20-9-19(37)14-40-20/h10,17-20H,5-9,11-16H2,1-3H3/t17?,18?,19-,20-/m0/s1. The Morgan fingerprint density at radius 2 is 1.95 bits per heavy atom. The molecule has 1 aromatic heterocycles. The monoisotopic (exact) mass is 642 g/mol. The minimum atomic E-state index is -0.600. The predicted octanol–water partition coefficient (Wildman–Crippen LogP) is 5.30. The maximum Gasteiger partial charge on any atom is 0.410 e. The Labute approximate surface area is 253 Å². The number of amides is 1. The highest BCUT2D eigenvalue weighted by Crippen LogP contribution is 2.48. The molecule has 4 atom stereocenters. The molecule has 2 aromatic rings. The lowest BCUT2D eigenvalue weighted by Gasteiger charge is -2.42. The van der Waals surface area contributed by atoms with Crippen LogP contribution in [0.2, 0.25) is 0 Å². The lowest BCUT2D eigenvalue weighted by atomic mass is 10.1. The first-order valence-electron chi connectivity index (χ1n) is 14.8. The van der Waals surface area contributed by atoms with Crippen LogP contribution in [0.3, 0.4) is 0 Å². The first-order valence-corrected chi connectivity index (χ1v) is 15.6. The van der Waals surface area contributed by atoms with Crippen molar-refractivity contribution >= 4 is 44.4 Å². The average molecular weight is 644 g/mol. The number of rotatable bonds is 6. The number of likely N-dealkylation sites (tertiary alicyclic amines) is 1. The summed E-state index contributed by atoms with van der Waals surface area (Å²) in [5.74, 6) is -0.0672. The van der Waals surface area contributed by atoms with E-state index in [2.05, 4.69) is 35.6 Å². The van der Waals surface area contributed by atoms with Crippen molar-refractivity contribution in [3.63, 3.8) is 0 Å². The van der Waals surface area contributed by atoms with E-state index >= 15 is 4.39 Å². The molecule has 1 amide bonds. The van der Waals surface area contributed by atoms with Gasteiger partial charge in [0.05, 0.1) is 42.4 Å². The number of benzene rings is 1. The van der Waals surface area contributed by atoms with Gasteiger partial charge in [0.2, 0.25) is 5.69 Å². The molecule has 1 saturated carbocycles. The van der Waals surface area contributed by atoms with Crippen molar-refractivity contribution in [2.75, 3.05) is 44.3 Å². The summed E-state index contributed by atoms with van der Waals surface area (Å²) >= 11 is 3.25. The molecular weight excluding hydrogens is 607 g/mol. The molecule has 4 aliphatic heterocycles. The zero-order valence-corrected chi connectivity index (χ0v) is 25.8. The molecule has 7 rings (SSSR count). The number of fused-ring (bicyclic) bond motifs is 5. The molecule has 1 aromatic carbocycles. The van der Waals surface area contributed by atoms with E-state index in [4.69, 9.17) is 25.8 Å². The van der Waals surface area contributed by atoms with Gasteiger partial charge in [-0.2, -0.15) is 9.97 Å². The number of piperazine rings is 1. The van der Waals surface area contributed by atoms with Crippen LogP contribution >= 0.6 is 15.9 Å². The third kappa shape index (κ3) is 5.07. The van der Waals surface area contributed by atoms with Crippen molar-refractivity contribution < 1.29 is 23.4 Å². The fourth-order valence-corrected chi connectivity index (χ4v) is 7.47. The Morgan fingerprint density at radius 3 is 2.55 bits per heavy atom. The number of morpholine rings is 1. The Morgan fingerprint density at radius 1 is 1.21 bits per heavy atom. The largest absolute Gasteiger partial charge is 0.463 e. The molecule has 4 saturated heterocycles. The summed E-state index contributed by atoms with van der Waals surface area (Å²) in [5.41, 5.74) is -0.247. The van der Waals surface area contributed by atoms with Gasteiger partial charge in [-0.05, 0) is 58.9 Å². The predicted molar refractivity (Wildman–Crippen MR) is 157 cm³/mol. The van der Waals surface area contributed by atoms with Crippen LogP contribution < -0.4 is 9.64 Å². The van der Waals surface area contributed by atoms with Crippen molar-refractivity contribution in [3.8, 4) is 6.01 Å². The van der Waals surface area contributed by atoms with Crippen molar-refractivity contribution in [1.82, 2.24) is 19.8 Å². The lowest BCUT2D eigenvalue weighted by molar-refractivity contribution is 0.0123. The van der Waals surface area contributed by atoms with Gasteiger partial charge in [-0.1, -0.05) is 15.9 Å². The lowest BCUT2D eigenvalue weighted by Crippen LogP contribution is -2.57. The SMILES string of the molecule is [C-]#[N+]c1cc2c(N3CC4CCC(C3)N4C(=O)OC(C)(C)C)nc(OCC3(CN4C[C@@H]5C[C@H]4CO5)CC3)nc2c(F)c1Br. The number of hydrogen-bond donors (Lipinski definition) is 0. The quantitative estimate of drug-likeness (QED) is 0.393. The van der Waals surface area contributed by atoms with E-state index in [-0.39, 0.29) is 45.3 Å². The molecule has 10 nitrogen and oxygen atoms in total. The van der Waals surface area contributed by atoms with E-state index in [1.54, 1.807) is 6.07 Å². The molecule has 0 spiro atoms. The molecule has 5 aliphatic rings. The highest BCUT2D eigenvalue weighted by Gasteiger charge is 2.50. The van der Waals surface area contributed by atoms with E-state index in [0.29, 0.717) is 43.0 Å². The van der Waals surface area contributed by atoms with Gasteiger partial charge in [0.15, 0.2) is 5.82 Å². The van der Waals surface area contributed by atoms with Crippen LogP contribution in [0.25, 0.3) is 15.7 Å². The third-order valence-corrected chi connectivity index (χ3v) is 10.1. The summed E-state index contributed by atoms with van der Waals surface area (Å²) in [4.78, 5) is 32.4. The van der Waals surface area contributed by atoms with Crippen molar-refractivity contribution in [1.29, 1.82) is 0 Å². The number of nitrogens with zero attached hydrogens (tertiary/aromatic N) is 6. The van der Waals surface area contributed by atoms with Gasteiger partial charge >= 0.3 is 12.1 Å². The Bertz CT molecular complexity index is 1460. The molecular formula is C30H36BrFN6O4. The van der Waals surface area contributed by atoms with Crippen LogP contribution in [0.1, 0.15) is 52.9 Å². The van der Waals surface area contributed by atoms with E-state index in [1.807, 2.05) is 25.7 Å². The van der Waals surface area contributed by atoms with Crippen LogP contribution in [-0.4, -0.2) is 95.1 Å². The van der Waals surface area contributed by atoms with Gasteiger partial charge in [-0.3, -0.25) is 9.80 Å². The van der Waals surface area contributed by atoms with E-state index in [9.17, 15) is 4.79 Å². The minimum absolute atomic E-state index is 0.0498. The summed E-state index contributed by atoms with van der Waals surface area (Å²) in [6, 6.07) is 2.17. The number of carbonyl (C=O) groups excluding carboxylic acids is 1. The van der Waals surface area contributed by atoms with Crippen molar-refractivity contribution in [2.24, 2.45) is 5.41 Å². The maximum absolute atomic E-state index is 15.7. The Kier molecular flexibility index (Phi) is 6.79. The van der Waals surface area contributed by atoms with E-state index in [0.717, 1.165) is 51.8 Å². The first-order chi connectivity index (χ1) is 20.0. The van der Waals surface area contributed by atoms with Gasteiger partial charge in [0.25, 0.3) is 0 Å². The topological polar surface area (TPSA) is 84.6 Å². The highest BCUT2D eigenvalue weighted by molar-refractivity contribution is 9.10. The van der Waals surface area contributed by atoms with Gasteiger partial charge in [0.1, 0.15) is 16.9 Å². The van der Waals surface area contributed by atoms with Crippen LogP contribution in [0.4, 0.5) is 20.7 Å². The molecule has 42 heavy (non-hydrogen) atoms. The number of anilines is 1. The van der Waals surface area contributed by atoms with Crippen molar-refractivity contribution in [2.45, 2.75) is 82.7 Å².